The van der Waals surface area contributed by atoms with E-state index in [9.17, 15) is 4.79 Å². The lowest BCUT2D eigenvalue weighted by Crippen LogP contribution is -2.39. The molecule has 0 spiro atoms. The molecular weight excluding hydrogens is 297 g/mol. The second kappa shape index (κ2) is 6.79. The Balaban J connectivity index is 2.21. The molecule has 1 fully saturated rings. The number of carboxylic acid groups (broad SMARTS) is 1. The van der Waals surface area contributed by atoms with Gasteiger partial charge >= 0.3 is 5.97 Å². The van der Waals surface area contributed by atoms with Crippen LogP contribution in [0.3, 0.4) is 0 Å². The van der Waals surface area contributed by atoms with Gasteiger partial charge in [0.1, 0.15) is 0 Å². The molecule has 5 heteroatoms. The summed E-state index contributed by atoms with van der Waals surface area (Å²) in [7, 11) is 0. The number of carboxylic acids is 1. The first-order valence-electron chi connectivity index (χ1n) is 6.91. The molecule has 2 rings (SSSR count). The lowest BCUT2D eigenvalue weighted by molar-refractivity contribution is -0.139. The van der Waals surface area contributed by atoms with E-state index in [1.807, 2.05) is 19.1 Å². The molecule has 1 aliphatic rings. The summed E-state index contributed by atoms with van der Waals surface area (Å²) < 4.78 is 0. The first-order valence-corrected chi connectivity index (χ1v) is 7.67. The van der Waals surface area contributed by atoms with Gasteiger partial charge in [-0.2, -0.15) is 0 Å². The van der Waals surface area contributed by atoms with Crippen molar-refractivity contribution < 1.29 is 9.90 Å². The Kier molecular flexibility index (Phi) is 5.30. The first kappa shape index (κ1) is 15.6. The van der Waals surface area contributed by atoms with Crippen molar-refractivity contribution in [2.45, 2.75) is 44.7 Å². The highest BCUT2D eigenvalue weighted by Gasteiger charge is 2.29. The number of hydrogen-bond acceptors (Lipinski definition) is 2. The quantitative estimate of drug-likeness (QED) is 0.876. The van der Waals surface area contributed by atoms with E-state index in [0.29, 0.717) is 16.1 Å². The Hall–Kier alpha value is -0.770. The minimum Gasteiger partial charge on any atom is -0.480 e. The summed E-state index contributed by atoms with van der Waals surface area (Å²) in [6.45, 7) is 2.09. The third-order valence-corrected chi connectivity index (χ3v) is 4.77. The molecule has 0 aromatic heterocycles. The van der Waals surface area contributed by atoms with Gasteiger partial charge in [0.25, 0.3) is 0 Å². The minimum atomic E-state index is -0.788. The average Bonchev–Trinajstić information content (AvgIpc) is 2.92. The number of rotatable bonds is 5. The van der Waals surface area contributed by atoms with Crippen LogP contribution in [-0.4, -0.2) is 28.6 Å². The van der Waals surface area contributed by atoms with Crippen molar-refractivity contribution >= 4 is 29.2 Å². The van der Waals surface area contributed by atoms with Gasteiger partial charge in [0.05, 0.1) is 16.6 Å². The van der Waals surface area contributed by atoms with E-state index in [-0.39, 0.29) is 12.6 Å². The molecule has 0 amide bonds. The van der Waals surface area contributed by atoms with Crippen LogP contribution in [0.1, 0.15) is 44.2 Å². The molecule has 1 aliphatic carbocycles. The molecule has 0 bridgehead atoms. The molecule has 1 unspecified atom stereocenters. The monoisotopic (exact) mass is 315 g/mol. The fourth-order valence-electron chi connectivity index (χ4n) is 2.94. The Labute approximate surface area is 129 Å². The van der Waals surface area contributed by atoms with Crippen molar-refractivity contribution in [2.75, 3.05) is 6.54 Å². The molecule has 0 radical (unpaired) electrons. The molecule has 0 aliphatic heterocycles. The maximum atomic E-state index is 11.1. The Morgan fingerprint density at radius 1 is 1.35 bits per heavy atom. The van der Waals surface area contributed by atoms with Gasteiger partial charge in [0, 0.05) is 12.1 Å². The number of aliphatic carboxylic acids is 1. The van der Waals surface area contributed by atoms with E-state index in [0.717, 1.165) is 18.4 Å². The van der Waals surface area contributed by atoms with E-state index in [1.54, 1.807) is 6.07 Å². The van der Waals surface area contributed by atoms with Crippen LogP contribution < -0.4 is 0 Å². The Bertz CT molecular complexity index is 487. The van der Waals surface area contributed by atoms with Crippen LogP contribution in [0.2, 0.25) is 10.0 Å². The second-order valence-electron chi connectivity index (χ2n) is 5.35. The van der Waals surface area contributed by atoms with E-state index in [4.69, 9.17) is 28.3 Å². The third-order valence-electron chi connectivity index (χ3n) is 4.04. The molecule has 3 nitrogen and oxygen atoms in total. The fraction of sp³-hybridized carbons (Fsp3) is 0.533. The van der Waals surface area contributed by atoms with Crippen LogP contribution in [0.5, 0.6) is 0 Å². The topological polar surface area (TPSA) is 40.5 Å². The van der Waals surface area contributed by atoms with Gasteiger partial charge < -0.3 is 5.11 Å². The predicted octanol–water partition coefficient (Wildman–Crippen LogP) is 4.38. The molecular formula is C15H19Cl2NO2. The van der Waals surface area contributed by atoms with Crippen molar-refractivity contribution in [3.8, 4) is 0 Å². The van der Waals surface area contributed by atoms with E-state index in [2.05, 4.69) is 4.90 Å². The highest BCUT2D eigenvalue weighted by atomic mass is 35.5. The summed E-state index contributed by atoms with van der Waals surface area (Å²) in [5, 5.41) is 10.2. The third kappa shape index (κ3) is 3.66. The van der Waals surface area contributed by atoms with E-state index in [1.165, 1.54) is 12.8 Å². The van der Waals surface area contributed by atoms with Gasteiger partial charge in [-0.1, -0.05) is 42.1 Å². The largest absolute Gasteiger partial charge is 0.480 e. The van der Waals surface area contributed by atoms with E-state index < -0.39 is 5.97 Å². The zero-order valence-electron chi connectivity index (χ0n) is 11.5. The standard InChI is InChI=1S/C15H19Cl2NO2/c1-10(11-6-7-13(16)14(17)8-11)18(9-15(19)20)12-4-2-3-5-12/h6-8,10,12H,2-5,9H2,1H3,(H,19,20). The predicted molar refractivity (Wildman–Crippen MR) is 81.5 cm³/mol. The molecule has 0 saturated heterocycles. The van der Waals surface area contributed by atoms with Crippen LogP contribution in [-0.2, 0) is 4.79 Å². The summed E-state index contributed by atoms with van der Waals surface area (Å²) in [5.41, 5.74) is 1.01. The molecule has 1 atom stereocenters. The number of benzene rings is 1. The molecule has 1 N–H and O–H groups in total. The Morgan fingerprint density at radius 2 is 2.00 bits per heavy atom. The van der Waals surface area contributed by atoms with Gasteiger partial charge in [0.2, 0.25) is 0 Å². The van der Waals surface area contributed by atoms with Gasteiger partial charge in [-0.05, 0) is 37.5 Å². The lowest BCUT2D eigenvalue weighted by atomic mass is 10.0. The molecule has 0 heterocycles. The maximum absolute atomic E-state index is 11.1. The number of nitrogens with zero attached hydrogens (tertiary/aromatic N) is 1. The highest BCUT2D eigenvalue weighted by Crippen LogP contribution is 2.33. The molecule has 1 saturated carbocycles. The second-order valence-corrected chi connectivity index (χ2v) is 6.17. The van der Waals surface area contributed by atoms with E-state index >= 15 is 0 Å². The van der Waals surface area contributed by atoms with Gasteiger partial charge in [-0.3, -0.25) is 9.69 Å². The van der Waals surface area contributed by atoms with Gasteiger partial charge in [-0.15, -0.1) is 0 Å². The first-order chi connectivity index (χ1) is 9.49. The summed E-state index contributed by atoms with van der Waals surface area (Å²) >= 11 is 12.0. The van der Waals surface area contributed by atoms with Crippen LogP contribution in [0.4, 0.5) is 0 Å². The van der Waals surface area contributed by atoms with Crippen molar-refractivity contribution in [1.29, 1.82) is 0 Å². The van der Waals surface area contributed by atoms with Crippen molar-refractivity contribution in [3.63, 3.8) is 0 Å². The average molecular weight is 316 g/mol. The van der Waals surface area contributed by atoms with Crippen molar-refractivity contribution in [2.24, 2.45) is 0 Å². The van der Waals surface area contributed by atoms with Crippen LogP contribution in [0.25, 0.3) is 0 Å². The van der Waals surface area contributed by atoms with Gasteiger partial charge in [-0.25, -0.2) is 0 Å². The number of halogens is 2. The molecule has 20 heavy (non-hydrogen) atoms. The summed E-state index contributed by atoms with van der Waals surface area (Å²) in [6.07, 6.45) is 4.49. The van der Waals surface area contributed by atoms with Crippen LogP contribution >= 0.6 is 23.2 Å². The molecule has 1 aromatic rings. The lowest BCUT2D eigenvalue weighted by Gasteiger charge is -2.33. The van der Waals surface area contributed by atoms with Gasteiger partial charge in [0.15, 0.2) is 0 Å². The molecule has 1 aromatic carbocycles. The van der Waals surface area contributed by atoms with Crippen molar-refractivity contribution in [1.82, 2.24) is 4.90 Å². The summed E-state index contributed by atoms with van der Waals surface area (Å²) in [6, 6.07) is 5.88. The SMILES string of the molecule is CC(c1ccc(Cl)c(Cl)c1)N(CC(=O)O)C1CCCC1. The number of carbonyl (C=O) groups is 1. The van der Waals surface area contributed by atoms with Crippen LogP contribution in [0.15, 0.2) is 18.2 Å². The fourth-order valence-corrected chi connectivity index (χ4v) is 3.24. The van der Waals surface area contributed by atoms with Crippen LogP contribution in [0, 0.1) is 0 Å². The zero-order chi connectivity index (χ0) is 14.7. The highest BCUT2D eigenvalue weighted by molar-refractivity contribution is 6.42. The normalized spacial score (nSPS) is 17.6. The summed E-state index contributed by atoms with van der Waals surface area (Å²) in [5.74, 6) is -0.788. The minimum absolute atomic E-state index is 0.0176. The Morgan fingerprint density at radius 3 is 2.55 bits per heavy atom. The zero-order valence-corrected chi connectivity index (χ0v) is 13.0. The summed E-state index contributed by atoms with van der Waals surface area (Å²) in [4.78, 5) is 13.2. The smallest absolute Gasteiger partial charge is 0.317 e. The number of hydrogen-bond donors (Lipinski definition) is 1. The molecule has 110 valence electrons. The maximum Gasteiger partial charge on any atom is 0.317 e. The van der Waals surface area contributed by atoms with Crippen molar-refractivity contribution in [3.05, 3.63) is 33.8 Å².